The Kier molecular flexibility index (Phi) is 8.11. The first kappa shape index (κ1) is 26.4. The second-order valence-corrected chi connectivity index (χ2v) is 9.91. The minimum absolute atomic E-state index is 0.0523. The van der Waals surface area contributed by atoms with Crippen molar-refractivity contribution in [2.45, 2.75) is 13.5 Å². The van der Waals surface area contributed by atoms with Gasteiger partial charge in [-0.15, -0.1) is 0 Å². The highest BCUT2D eigenvalue weighted by Gasteiger charge is 2.20. The van der Waals surface area contributed by atoms with Crippen molar-refractivity contribution in [3.8, 4) is 0 Å². The van der Waals surface area contributed by atoms with Crippen LogP contribution in [0.2, 0.25) is 0 Å². The molecule has 1 N–H and O–H groups in total. The molecule has 0 aliphatic rings. The van der Waals surface area contributed by atoms with E-state index in [0.717, 1.165) is 17.4 Å². The molecular weight excluding hydrogens is 484 g/mol. The van der Waals surface area contributed by atoms with Crippen molar-refractivity contribution in [3.63, 3.8) is 0 Å². The maximum absolute atomic E-state index is 12.9. The number of nitrogens with zero attached hydrogens (tertiary/aromatic N) is 1. The summed E-state index contributed by atoms with van der Waals surface area (Å²) in [6, 6.07) is 17.6. The summed E-state index contributed by atoms with van der Waals surface area (Å²) in [7, 11) is -1.19. The smallest absolute Gasteiger partial charge is 0.339 e. The van der Waals surface area contributed by atoms with Gasteiger partial charge in [0.2, 0.25) is 10.0 Å². The second kappa shape index (κ2) is 11.0. The number of sulfonamides is 1. The first-order valence-electron chi connectivity index (χ1n) is 10.8. The predicted molar refractivity (Wildman–Crippen MR) is 136 cm³/mol. The summed E-state index contributed by atoms with van der Waals surface area (Å²) < 4.78 is 35.6. The molecule has 0 fully saturated rings. The van der Waals surface area contributed by atoms with Gasteiger partial charge in [-0.05, 0) is 55.0 Å². The van der Waals surface area contributed by atoms with Crippen LogP contribution in [0.4, 0.5) is 11.4 Å². The molecule has 0 aliphatic carbocycles. The number of benzene rings is 3. The van der Waals surface area contributed by atoms with E-state index in [4.69, 9.17) is 9.47 Å². The molecule has 188 valence electrons. The van der Waals surface area contributed by atoms with Crippen molar-refractivity contribution < 1.29 is 32.3 Å². The number of nitrogens with one attached hydrogen (secondary N) is 1. The highest BCUT2D eigenvalue weighted by atomic mass is 32.2. The maximum Gasteiger partial charge on any atom is 0.339 e. The van der Waals surface area contributed by atoms with Gasteiger partial charge in [0.05, 0.1) is 49.5 Å². The van der Waals surface area contributed by atoms with Crippen LogP contribution in [-0.2, 0) is 26.0 Å². The van der Waals surface area contributed by atoms with Crippen molar-refractivity contribution >= 4 is 39.2 Å². The van der Waals surface area contributed by atoms with Gasteiger partial charge in [-0.2, -0.15) is 0 Å². The minimum atomic E-state index is -3.60. The number of hydrogen-bond donors (Lipinski definition) is 1. The number of ether oxygens (including phenoxy) is 2. The quantitative estimate of drug-likeness (QED) is 0.458. The zero-order valence-corrected chi connectivity index (χ0v) is 21.1. The van der Waals surface area contributed by atoms with Crippen molar-refractivity contribution in [2.75, 3.05) is 30.1 Å². The molecule has 0 unspecified atom stereocenters. The largest absolute Gasteiger partial charge is 0.465 e. The number of aryl methyl sites for hydroxylation is 1. The van der Waals surface area contributed by atoms with E-state index < -0.39 is 27.9 Å². The molecule has 0 heterocycles. The number of carbonyl (C=O) groups excluding carboxylic acids is 3. The number of amides is 1. The van der Waals surface area contributed by atoms with E-state index in [1.807, 2.05) is 31.2 Å². The Morgan fingerprint density at radius 3 is 1.97 bits per heavy atom. The van der Waals surface area contributed by atoms with E-state index in [-0.39, 0.29) is 28.9 Å². The van der Waals surface area contributed by atoms with Crippen molar-refractivity contribution in [3.05, 3.63) is 94.5 Å². The van der Waals surface area contributed by atoms with Gasteiger partial charge >= 0.3 is 11.9 Å². The summed E-state index contributed by atoms with van der Waals surface area (Å²) in [4.78, 5) is 36.9. The first-order chi connectivity index (χ1) is 17.0. The fraction of sp³-hybridized carbons (Fsp3) is 0.192. The Balaban J connectivity index is 1.87. The number of anilines is 2. The Morgan fingerprint density at radius 1 is 0.833 bits per heavy atom. The monoisotopic (exact) mass is 510 g/mol. The Bertz CT molecular complexity index is 1380. The van der Waals surface area contributed by atoms with Crippen LogP contribution in [0.25, 0.3) is 0 Å². The molecule has 0 atom stereocenters. The summed E-state index contributed by atoms with van der Waals surface area (Å²) in [5.74, 6) is -1.91. The van der Waals surface area contributed by atoms with Crippen LogP contribution in [0.3, 0.4) is 0 Å². The average molecular weight is 511 g/mol. The third kappa shape index (κ3) is 6.28. The molecule has 0 aromatic heterocycles. The van der Waals surface area contributed by atoms with Crippen LogP contribution in [0.5, 0.6) is 0 Å². The zero-order valence-electron chi connectivity index (χ0n) is 20.3. The Morgan fingerprint density at radius 2 is 1.42 bits per heavy atom. The van der Waals surface area contributed by atoms with E-state index in [9.17, 15) is 22.8 Å². The predicted octanol–water partition coefficient (Wildman–Crippen LogP) is 3.79. The van der Waals surface area contributed by atoms with Crippen LogP contribution < -0.4 is 9.62 Å². The summed E-state index contributed by atoms with van der Waals surface area (Å²) in [5, 5.41) is 2.61. The number of methoxy groups -OCH3 is 2. The van der Waals surface area contributed by atoms with Crippen LogP contribution in [0.15, 0.2) is 66.7 Å². The van der Waals surface area contributed by atoms with Gasteiger partial charge in [0.25, 0.3) is 5.91 Å². The van der Waals surface area contributed by atoms with E-state index in [1.165, 1.54) is 61.0 Å². The number of esters is 2. The van der Waals surface area contributed by atoms with Crippen molar-refractivity contribution in [2.24, 2.45) is 0 Å². The SMILES string of the molecule is COC(=O)c1ccc(C(=O)OC)c(NC(=O)c2ccc(N(Cc3ccc(C)cc3)S(C)(=O)=O)cc2)c1. The Hall–Kier alpha value is -4.18. The first-order valence-corrected chi connectivity index (χ1v) is 12.6. The number of carbonyl (C=O) groups is 3. The molecule has 0 spiro atoms. The van der Waals surface area contributed by atoms with E-state index in [1.54, 1.807) is 0 Å². The molecule has 3 aromatic carbocycles. The van der Waals surface area contributed by atoms with Crippen molar-refractivity contribution in [1.29, 1.82) is 0 Å². The third-order valence-electron chi connectivity index (χ3n) is 5.36. The van der Waals surface area contributed by atoms with E-state index in [0.29, 0.717) is 5.69 Å². The lowest BCUT2D eigenvalue weighted by atomic mass is 10.1. The summed E-state index contributed by atoms with van der Waals surface area (Å²) in [5.41, 5.74) is 2.73. The highest BCUT2D eigenvalue weighted by molar-refractivity contribution is 7.92. The normalized spacial score (nSPS) is 10.9. The topological polar surface area (TPSA) is 119 Å². The molecule has 0 saturated heterocycles. The van der Waals surface area contributed by atoms with Crippen LogP contribution in [0.1, 0.15) is 42.2 Å². The highest BCUT2D eigenvalue weighted by Crippen LogP contribution is 2.24. The van der Waals surface area contributed by atoms with E-state index in [2.05, 4.69) is 5.32 Å². The van der Waals surface area contributed by atoms with Gasteiger partial charge in [-0.3, -0.25) is 9.10 Å². The molecular formula is C26H26N2O7S. The molecule has 3 rings (SSSR count). The van der Waals surface area contributed by atoms with Gasteiger partial charge in [-0.25, -0.2) is 18.0 Å². The Labute approximate surface area is 209 Å². The molecule has 0 aliphatic heterocycles. The van der Waals surface area contributed by atoms with Gasteiger partial charge in [-0.1, -0.05) is 29.8 Å². The van der Waals surface area contributed by atoms with Crippen LogP contribution in [-0.4, -0.2) is 46.7 Å². The van der Waals surface area contributed by atoms with Crippen LogP contribution >= 0.6 is 0 Å². The molecule has 0 bridgehead atoms. The average Bonchev–Trinajstić information content (AvgIpc) is 2.86. The lowest BCUT2D eigenvalue weighted by Crippen LogP contribution is -2.29. The number of rotatable bonds is 8. The minimum Gasteiger partial charge on any atom is -0.465 e. The lowest BCUT2D eigenvalue weighted by molar-refractivity contribution is 0.0587. The molecule has 36 heavy (non-hydrogen) atoms. The lowest BCUT2D eigenvalue weighted by Gasteiger charge is -2.23. The molecule has 1 amide bonds. The second-order valence-electron chi connectivity index (χ2n) is 8.00. The van der Waals surface area contributed by atoms with Gasteiger partial charge < -0.3 is 14.8 Å². The van der Waals surface area contributed by atoms with Crippen LogP contribution in [0, 0.1) is 6.92 Å². The fourth-order valence-electron chi connectivity index (χ4n) is 3.41. The summed E-state index contributed by atoms with van der Waals surface area (Å²) in [6.07, 6.45) is 1.12. The maximum atomic E-state index is 12.9. The molecule has 10 heteroatoms. The van der Waals surface area contributed by atoms with Gasteiger partial charge in [0.15, 0.2) is 0 Å². The molecule has 0 saturated carbocycles. The zero-order chi connectivity index (χ0) is 26.5. The number of hydrogen-bond acceptors (Lipinski definition) is 7. The van der Waals surface area contributed by atoms with Gasteiger partial charge in [0, 0.05) is 5.56 Å². The van der Waals surface area contributed by atoms with Crippen molar-refractivity contribution in [1.82, 2.24) is 0 Å². The molecule has 3 aromatic rings. The third-order valence-corrected chi connectivity index (χ3v) is 6.50. The fourth-order valence-corrected chi connectivity index (χ4v) is 4.30. The summed E-state index contributed by atoms with van der Waals surface area (Å²) in [6.45, 7) is 2.08. The summed E-state index contributed by atoms with van der Waals surface area (Å²) >= 11 is 0. The molecule has 9 nitrogen and oxygen atoms in total. The van der Waals surface area contributed by atoms with Gasteiger partial charge in [0.1, 0.15) is 0 Å². The van der Waals surface area contributed by atoms with E-state index >= 15 is 0 Å². The standard InChI is InChI=1S/C26H26N2O7S/c1-17-5-7-18(8-6-17)16-28(36(4,32)33)21-12-9-19(10-13-21)24(29)27-23-15-20(25(30)34-2)11-14-22(23)26(31)35-3/h5-15H,16H2,1-4H3,(H,27,29). The molecule has 0 radical (unpaired) electrons.